The minimum absolute atomic E-state index is 0.0122. The number of hydrogen-bond donors (Lipinski definition) is 1. The van der Waals surface area contributed by atoms with Gasteiger partial charge in [-0.05, 0) is 72.3 Å². The van der Waals surface area contributed by atoms with Gasteiger partial charge in [-0.2, -0.15) is 0 Å². The predicted molar refractivity (Wildman–Crippen MR) is 175 cm³/mol. The van der Waals surface area contributed by atoms with Crippen molar-refractivity contribution in [3.8, 4) is 11.5 Å². The van der Waals surface area contributed by atoms with Crippen LogP contribution in [-0.2, 0) is 0 Å². The van der Waals surface area contributed by atoms with Gasteiger partial charge in [0.2, 0.25) is 0 Å². The highest BCUT2D eigenvalue weighted by Crippen LogP contribution is 2.35. The van der Waals surface area contributed by atoms with Crippen molar-refractivity contribution in [1.29, 1.82) is 0 Å². The third-order valence-corrected chi connectivity index (χ3v) is 7.94. The molecule has 10 heteroatoms. The lowest BCUT2D eigenvalue weighted by Gasteiger charge is -2.15. The molecular formula is C38H22N2O8. The lowest BCUT2D eigenvalue weighted by Crippen LogP contribution is -2.29. The molecule has 0 bridgehead atoms. The normalized spacial score (nSPS) is 13.7. The Balaban J connectivity index is 1.07. The van der Waals surface area contributed by atoms with E-state index in [-0.39, 0.29) is 50.8 Å². The summed E-state index contributed by atoms with van der Waals surface area (Å²) in [5.74, 6) is -3.18. The largest absolute Gasteiger partial charge is 0.478 e. The molecule has 7 rings (SSSR count). The van der Waals surface area contributed by atoms with Crippen LogP contribution in [0.4, 0.5) is 11.4 Å². The molecule has 0 aliphatic carbocycles. The molecule has 1 N–H and O–H groups in total. The lowest BCUT2D eigenvalue weighted by molar-refractivity contribution is 0.0695. The molecule has 0 saturated carbocycles. The summed E-state index contributed by atoms with van der Waals surface area (Å²) in [6.45, 7) is 0. The second-order valence-corrected chi connectivity index (χ2v) is 10.9. The summed E-state index contributed by atoms with van der Waals surface area (Å²) in [5, 5.41) is 9.28. The molecule has 0 aromatic heterocycles. The number of carbonyl (C=O) groups excluding carboxylic acids is 5. The SMILES string of the molecule is O=C(O)c1ccc2c(c1)C(=O)N(c1cccc(Oc3ccc4c(c3)C(=O)N(c3ccc(C=CC(=O)c5ccccc5)cc3)C4=O)c1)C2=O. The standard InChI is InChI=1S/C38H22N2O8/c41-33(23-5-2-1-3-6-23)18-11-22-9-13-25(14-10-22)39-34(42)30-17-15-28(21-32(30)37(39)45)48-27-8-4-7-26(20-27)40-35(43)29-16-12-24(38(46)47)19-31(29)36(40)44/h1-21H,(H,46,47). The summed E-state index contributed by atoms with van der Waals surface area (Å²) >= 11 is 0. The number of carboxylic acids is 1. The molecule has 10 nitrogen and oxygen atoms in total. The quantitative estimate of drug-likeness (QED) is 0.113. The number of allylic oxidation sites excluding steroid dienone is 1. The van der Waals surface area contributed by atoms with E-state index in [1.54, 1.807) is 66.7 Å². The molecule has 5 aromatic rings. The fraction of sp³-hybridized carbons (Fsp3) is 0. The first-order valence-corrected chi connectivity index (χ1v) is 14.6. The number of nitrogens with zero attached hydrogens (tertiary/aromatic N) is 2. The number of amides is 4. The number of anilines is 2. The number of carboxylic acid groups (broad SMARTS) is 1. The van der Waals surface area contributed by atoms with Gasteiger partial charge in [-0.25, -0.2) is 14.6 Å². The molecule has 0 fully saturated rings. The van der Waals surface area contributed by atoms with Crippen molar-refractivity contribution in [2.75, 3.05) is 9.80 Å². The first-order valence-electron chi connectivity index (χ1n) is 14.6. The van der Waals surface area contributed by atoms with E-state index < -0.39 is 29.6 Å². The van der Waals surface area contributed by atoms with Crippen molar-refractivity contribution in [2.24, 2.45) is 0 Å². The number of ether oxygens (including phenoxy) is 1. The van der Waals surface area contributed by atoms with E-state index in [1.807, 2.05) is 6.07 Å². The van der Waals surface area contributed by atoms with Gasteiger partial charge in [0.15, 0.2) is 5.78 Å². The van der Waals surface area contributed by atoms with Crippen molar-refractivity contribution in [2.45, 2.75) is 0 Å². The average molecular weight is 635 g/mol. The van der Waals surface area contributed by atoms with Gasteiger partial charge in [-0.1, -0.05) is 54.6 Å². The Labute approximate surface area is 272 Å². The highest BCUT2D eigenvalue weighted by Gasteiger charge is 2.38. The highest BCUT2D eigenvalue weighted by molar-refractivity contribution is 6.35. The molecule has 0 unspecified atom stereocenters. The summed E-state index contributed by atoms with van der Waals surface area (Å²) in [6.07, 6.45) is 3.12. The van der Waals surface area contributed by atoms with E-state index >= 15 is 0 Å². The number of carbonyl (C=O) groups is 6. The molecule has 0 atom stereocenters. The van der Waals surface area contributed by atoms with E-state index in [2.05, 4.69) is 0 Å². The van der Waals surface area contributed by atoms with Crippen molar-refractivity contribution in [1.82, 2.24) is 0 Å². The lowest BCUT2D eigenvalue weighted by atomic mass is 10.1. The fourth-order valence-corrected chi connectivity index (χ4v) is 5.55. The molecule has 4 amide bonds. The molecule has 2 heterocycles. The third kappa shape index (κ3) is 5.23. The Kier molecular flexibility index (Phi) is 7.30. The first kappa shape index (κ1) is 29.8. The van der Waals surface area contributed by atoms with Crippen LogP contribution in [0, 0.1) is 0 Å². The van der Waals surface area contributed by atoms with E-state index in [0.29, 0.717) is 16.8 Å². The van der Waals surface area contributed by atoms with E-state index in [9.17, 15) is 33.9 Å². The summed E-state index contributed by atoms with van der Waals surface area (Å²) in [7, 11) is 0. The summed E-state index contributed by atoms with van der Waals surface area (Å²) in [6, 6.07) is 29.9. The zero-order valence-corrected chi connectivity index (χ0v) is 24.8. The van der Waals surface area contributed by atoms with Crippen LogP contribution in [0.5, 0.6) is 11.5 Å². The minimum Gasteiger partial charge on any atom is -0.478 e. The van der Waals surface area contributed by atoms with Crippen molar-refractivity contribution in [3.63, 3.8) is 0 Å². The van der Waals surface area contributed by atoms with E-state index in [0.717, 1.165) is 9.80 Å². The number of hydrogen-bond acceptors (Lipinski definition) is 7. The average Bonchev–Trinajstić information content (AvgIpc) is 3.50. The number of benzene rings is 5. The predicted octanol–water partition coefficient (Wildman–Crippen LogP) is 6.67. The van der Waals surface area contributed by atoms with Crippen molar-refractivity contribution < 1.29 is 38.6 Å². The molecule has 0 spiro atoms. The van der Waals surface area contributed by atoms with Gasteiger partial charge in [0.1, 0.15) is 11.5 Å². The van der Waals surface area contributed by atoms with E-state index in [4.69, 9.17) is 4.74 Å². The van der Waals surface area contributed by atoms with Gasteiger partial charge >= 0.3 is 5.97 Å². The Hall–Kier alpha value is -6.94. The second-order valence-electron chi connectivity index (χ2n) is 10.9. The van der Waals surface area contributed by atoms with Crippen LogP contribution >= 0.6 is 0 Å². The fourth-order valence-electron chi connectivity index (χ4n) is 5.55. The Morgan fingerprint density at radius 1 is 0.542 bits per heavy atom. The van der Waals surface area contributed by atoms with Crippen molar-refractivity contribution >= 4 is 52.8 Å². The van der Waals surface area contributed by atoms with Gasteiger partial charge in [0.25, 0.3) is 23.6 Å². The molecular weight excluding hydrogens is 612 g/mol. The molecule has 2 aliphatic heterocycles. The summed E-state index contributed by atoms with van der Waals surface area (Å²) < 4.78 is 5.98. The monoisotopic (exact) mass is 634 g/mol. The zero-order chi connectivity index (χ0) is 33.5. The topological polar surface area (TPSA) is 138 Å². The Morgan fingerprint density at radius 3 is 1.83 bits per heavy atom. The number of rotatable bonds is 8. The molecule has 48 heavy (non-hydrogen) atoms. The third-order valence-electron chi connectivity index (χ3n) is 7.94. The molecule has 0 radical (unpaired) electrons. The minimum atomic E-state index is -1.22. The van der Waals surface area contributed by atoms with Crippen LogP contribution in [0.15, 0.2) is 121 Å². The van der Waals surface area contributed by atoms with E-state index in [1.165, 1.54) is 54.6 Å². The van der Waals surface area contributed by atoms with Crippen LogP contribution in [0.1, 0.15) is 67.7 Å². The molecule has 232 valence electrons. The van der Waals surface area contributed by atoms with Crippen LogP contribution in [0.2, 0.25) is 0 Å². The van der Waals surface area contributed by atoms with Gasteiger partial charge in [-0.3, -0.25) is 24.0 Å². The van der Waals surface area contributed by atoms with Crippen LogP contribution in [0.25, 0.3) is 6.08 Å². The van der Waals surface area contributed by atoms with Crippen LogP contribution < -0.4 is 14.5 Å². The van der Waals surface area contributed by atoms with Gasteiger partial charge in [0.05, 0.1) is 39.2 Å². The second kappa shape index (κ2) is 11.8. The Bertz CT molecular complexity index is 2240. The van der Waals surface area contributed by atoms with Gasteiger partial charge < -0.3 is 9.84 Å². The van der Waals surface area contributed by atoms with Gasteiger partial charge in [0, 0.05) is 11.6 Å². The smallest absolute Gasteiger partial charge is 0.335 e. The maximum absolute atomic E-state index is 13.4. The number of aromatic carboxylic acids is 1. The van der Waals surface area contributed by atoms with Crippen molar-refractivity contribution in [3.05, 3.63) is 160 Å². The zero-order valence-electron chi connectivity index (χ0n) is 24.8. The molecule has 2 aliphatic rings. The number of ketones is 1. The maximum atomic E-state index is 13.4. The summed E-state index contributed by atoms with van der Waals surface area (Å²) in [4.78, 5) is 78.6. The first-order chi connectivity index (χ1) is 23.2. The summed E-state index contributed by atoms with van der Waals surface area (Å²) in [5.41, 5.74) is 2.14. The maximum Gasteiger partial charge on any atom is 0.335 e. The number of fused-ring (bicyclic) bond motifs is 2. The molecule has 0 saturated heterocycles. The molecule has 5 aromatic carbocycles. The van der Waals surface area contributed by atoms with Crippen LogP contribution in [-0.4, -0.2) is 40.5 Å². The Morgan fingerprint density at radius 2 is 1.15 bits per heavy atom. The number of imide groups is 2. The highest BCUT2D eigenvalue weighted by atomic mass is 16.5. The van der Waals surface area contributed by atoms with Gasteiger partial charge in [-0.15, -0.1) is 0 Å². The van der Waals surface area contributed by atoms with Crippen LogP contribution in [0.3, 0.4) is 0 Å².